The number of benzene rings is 1. The maximum Gasteiger partial charge on any atom is 0.435 e. The summed E-state index contributed by atoms with van der Waals surface area (Å²) in [5.74, 6) is 0.593. The Morgan fingerprint density at radius 1 is 1.08 bits per heavy atom. The van der Waals surface area contributed by atoms with Crippen molar-refractivity contribution in [1.82, 2.24) is 19.9 Å². The molecule has 2 aliphatic rings. The monoisotopic (exact) mass is 506 g/mol. The van der Waals surface area contributed by atoms with Crippen molar-refractivity contribution in [2.75, 3.05) is 10.6 Å². The van der Waals surface area contributed by atoms with Crippen molar-refractivity contribution in [3.8, 4) is 0 Å². The minimum Gasteiger partial charge on any atom is -0.383 e. The number of anilines is 2. The van der Waals surface area contributed by atoms with E-state index < -0.39 is 17.8 Å². The highest BCUT2D eigenvalue weighted by Gasteiger charge is 2.38. The molecule has 1 aliphatic heterocycles. The fourth-order valence-corrected chi connectivity index (χ4v) is 4.56. The highest BCUT2D eigenvalue weighted by molar-refractivity contribution is 6.06. The first-order valence-corrected chi connectivity index (χ1v) is 11.7. The maximum atomic E-state index is 13.9. The first-order valence-electron chi connectivity index (χ1n) is 11.7. The van der Waals surface area contributed by atoms with E-state index in [0.29, 0.717) is 35.9 Å². The minimum absolute atomic E-state index is 0.0829. The Kier molecular flexibility index (Phi) is 5.52. The number of fused-ring (bicyclic) bond motifs is 3. The lowest BCUT2D eigenvalue weighted by Gasteiger charge is -2.25. The zero-order valence-electron chi connectivity index (χ0n) is 19.5. The molecular formula is C26H21F3N6O2. The molecule has 1 amide bonds. The van der Waals surface area contributed by atoms with Crippen LogP contribution in [-0.4, -0.2) is 25.8 Å². The molecule has 0 radical (unpaired) electrons. The lowest BCUT2D eigenvalue weighted by atomic mass is 10.0. The molecule has 0 spiro atoms. The molecular weight excluding hydrogens is 485 g/mol. The Hall–Kier alpha value is -4.12. The number of halogens is 3. The van der Waals surface area contributed by atoms with Crippen LogP contribution in [0.4, 0.5) is 24.7 Å². The van der Waals surface area contributed by atoms with Gasteiger partial charge in [0.2, 0.25) is 0 Å². The average molecular weight is 506 g/mol. The Balaban J connectivity index is 1.41. The lowest BCUT2D eigenvalue weighted by molar-refractivity contribution is -0.140. The normalized spacial score (nSPS) is 15.1. The van der Waals surface area contributed by atoms with Gasteiger partial charge in [-0.2, -0.15) is 13.2 Å². The van der Waals surface area contributed by atoms with Crippen molar-refractivity contribution in [2.24, 2.45) is 0 Å². The van der Waals surface area contributed by atoms with Crippen LogP contribution in [0.5, 0.6) is 0 Å². The Bertz CT molecular complexity index is 1520. The number of hydrogen-bond acceptors (Lipinski definition) is 7. The number of amides is 1. The maximum absolute atomic E-state index is 13.9. The zero-order chi connectivity index (χ0) is 25.7. The molecule has 0 unspecified atom stereocenters. The summed E-state index contributed by atoms with van der Waals surface area (Å²) in [6.07, 6.45) is 0.992. The highest BCUT2D eigenvalue weighted by atomic mass is 19.4. The van der Waals surface area contributed by atoms with Crippen molar-refractivity contribution < 1.29 is 22.7 Å². The molecule has 2 N–H and O–H groups in total. The van der Waals surface area contributed by atoms with Gasteiger partial charge >= 0.3 is 6.18 Å². The molecule has 4 aromatic rings. The van der Waals surface area contributed by atoms with Gasteiger partial charge in [0.05, 0.1) is 36.5 Å². The van der Waals surface area contributed by atoms with Crippen molar-refractivity contribution in [1.29, 1.82) is 0 Å². The van der Waals surface area contributed by atoms with Crippen LogP contribution < -0.4 is 10.6 Å². The van der Waals surface area contributed by atoms with Crippen molar-refractivity contribution in [3.63, 3.8) is 0 Å². The third-order valence-corrected chi connectivity index (χ3v) is 6.59. The van der Waals surface area contributed by atoms with Crippen molar-refractivity contribution in [3.05, 3.63) is 82.7 Å². The molecule has 1 saturated carbocycles. The molecule has 37 heavy (non-hydrogen) atoms. The molecule has 0 saturated heterocycles. The van der Waals surface area contributed by atoms with Gasteiger partial charge in [-0.1, -0.05) is 12.1 Å². The molecule has 3 aromatic heterocycles. The second kappa shape index (κ2) is 8.77. The van der Waals surface area contributed by atoms with Gasteiger partial charge in [0.1, 0.15) is 11.6 Å². The fraction of sp³-hybridized carbons (Fsp3) is 0.269. The Morgan fingerprint density at radius 3 is 2.57 bits per heavy atom. The van der Waals surface area contributed by atoms with E-state index in [0.717, 1.165) is 40.5 Å². The number of alkyl halides is 3. The molecule has 0 atom stereocenters. The van der Waals surface area contributed by atoms with Gasteiger partial charge in [-0.3, -0.25) is 4.79 Å². The number of nitrogens with two attached hydrogens (primary N) is 1. The van der Waals surface area contributed by atoms with Crippen LogP contribution in [-0.2, 0) is 30.7 Å². The van der Waals surface area contributed by atoms with Gasteiger partial charge in [-0.25, -0.2) is 19.9 Å². The Labute approximate surface area is 209 Å². The molecule has 4 heterocycles. The molecule has 6 rings (SSSR count). The van der Waals surface area contributed by atoms with Crippen LogP contribution in [0.2, 0.25) is 0 Å². The van der Waals surface area contributed by atoms with E-state index >= 15 is 0 Å². The second-order valence-electron chi connectivity index (χ2n) is 9.16. The number of nitrogen functional groups attached to an aromatic ring is 1. The number of rotatable bonds is 5. The second-order valence-corrected chi connectivity index (χ2v) is 9.16. The molecule has 188 valence electrons. The third-order valence-electron chi connectivity index (χ3n) is 6.59. The number of hydrogen-bond donors (Lipinski definition) is 1. The number of nitrogens with zero attached hydrogens (tertiary/aromatic N) is 5. The smallest absolute Gasteiger partial charge is 0.383 e. The quantitative estimate of drug-likeness (QED) is 0.415. The zero-order valence-corrected chi connectivity index (χ0v) is 19.5. The fourth-order valence-electron chi connectivity index (χ4n) is 4.56. The van der Waals surface area contributed by atoms with E-state index in [4.69, 9.17) is 10.5 Å². The molecule has 11 heteroatoms. The summed E-state index contributed by atoms with van der Waals surface area (Å²) in [6.45, 7) is 0.629. The molecule has 1 fully saturated rings. The summed E-state index contributed by atoms with van der Waals surface area (Å²) in [5, 5.41) is 0.852. The Morgan fingerprint density at radius 2 is 1.84 bits per heavy atom. The van der Waals surface area contributed by atoms with Gasteiger partial charge in [0, 0.05) is 35.5 Å². The first kappa shape index (κ1) is 23.3. The highest BCUT2D eigenvalue weighted by Crippen LogP contribution is 2.38. The molecule has 1 aromatic carbocycles. The SMILES string of the molecule is Nc1nc2cc(CN(C(=O)c3cnc(C4CC4)nc3)c3cccnc3C(F)(F)F)ccc2c2c1COC2. The van der Waals surface area contributed by atoms with Crippen LogP contribution in [0, 0.1) is 0 Å². The predicted molar refractivity (Wildman–Crippen MR) is 128 cm³/mol. The van der Waals surface area contributed by atoms with Crippen molar-refractivity contribution in [2.45, 2.75) is 44.7 Å². The van der Waals surface area contributed by atoms with Crippen LogP contribution in [0.1, 0.15) is 57.3 Å². The summed E-state index contributed by atoms with van der Waals surface area (Å²) in [5.41, 5.74) is 7.61. The van der Waals surface area contributed by atoms with E-state index in [1.54, 1.807) is 12.1 Å². The lowest BCUT2D eigenvalue weighted by Crippen LogP contribution is -2.33. The van der Waals surface area contributed by atoms with E-state index in [2.05, 4.69) is 19.9 Å². The number of carbonyl (C=O) groups is 1. The largest absolute Gasteiger partial charge is 0.435 e. The predicted octanol–water partition coefficient (Wildman–Crippen LogP) is 4.78. The van der Waals surface area contributed by atoms with Gasteiger partial charge < -0.3 is 15.4 Å². The number of pyridine rings is 2. The van der Waals surface area contributed by atoms with Gasteiger partial charge in [0.15, 0.2) is 5.69 Å². The van der Waals surface area contributed by atoms with E-state index in [9.17, 15) is 18.0 Å². The van der Waals surface area contributed by atoms with Gasteiger partial charge in [0.25, 0.3) is 5.91 Å². The summed E-state index contributed by atoms with van der Waals surface area (Å²) in [7, 11) is 0. The summed E-state index contributed by atoms with van der Waals surface area (Å²) >= 11 is 0. The van der Waals surface area contributed by atoms with E-state index in [-0.39, 0.29) is 23.7 Å². The summed E-state index contributed by atoms with van der Waals surface area (Å²) in [6, 6.07) is 7.91. The number of carbonyl (C=O) groups excluding carboxylic acids is 1. The molecule has 0 bridgehead atoms. The summed E-state index contributed by atoms with van der Waals surface area (Å²) in [4.78, 5) is 31.2. The van der Waals surface area contributed by atoms with E-state index in [1.165, 1.54) is 24.5 Å². The van der Waals surface area contributed by atoms with Crippen LogP contribution in [0.3, 0.4) is 0 Å². The van der Waals surface area contributed by atoms with Crippen LogP contribution >= 0.6 is 0 Å². The molecule has 8 nitrogen and oxygen atoms in total. The topological polar surface area (TPSA) is 107 Å². The standard InChI is InChI=1S/C26H21F3N6O2/c27-26(28,29)22-21(2-1-7-31-22)35(25(36)16-9-32-24(33-10-16)15-4-5-15)11-14-3-6-17-18-12-37-13-19(18)23(30)34-20(17)8-14/h1-3,6-10,15H,4-5,11-13H2,(H2,30,34). The van der Waals surface area contributed by atoms with Crippen LogP contribution in [0.15, 0.2) is 48.9 Å². The summed E-state index contributed by atoms with van der Waals surface area (Å²) < 4.78 is 47.2. The first-order chi connectivity index (χ1) is 17.8. The third kappa shape index (κ3) is 4.35. The number of aromatic nitrogens is 4. The van der Waals surface area contributed by atoms with Crippen LogP contribution in [0.25, 0.3) is 10.9 Å². The van der Waals surface area contributed by atoms with Gasteiger partial charge in [-0.15, -0.1) is 0 Å². The van der Waals surface area contributed by atoms with E-state index in [1.807, 2.05) is 6.07 Å². The minimum atomic E-state index is -4.76. The van der Waals surface area contributed by atoms with Gasteiger partial charge in [-0.05, 0) is 42.2 Å². The average Bonchev–Trinajstić information content (AvgIpc) is 3.62. The van der Waals surface area contributed by atoms with Crippen molar-refractivity contribution >= 4 is 28.3 Å². The number of ether oxygens (including phenoxy) is 1. The molecule has 1 aliphatic carbocycles.